The maximum Gasteiger partial charge on any atom is 0.348 e. The summed E-state index contributed by atoms with van der Waals surface area (Å²) in [6, 6.07) is 3.78. The fraction of sp³-hybridized carbons (Fsp3) is 0.783. The average molecular weight is 445 g/mol. The predicted molar refractivity (Wildman–Crippen MR) is 120 cm³/mol. The van der Waals surface area contributed by atoms with Gasteiger partial charge in [-0.05, 0) is 56.1 Å². The zero-order chi connectivity index (χ0) is 21.1. The molecule has 1 saturated carbocycles. The molecule has 0 aliphatic heterocycles. The van der Waals surface area contributed by atoms with Crippen LogP contribution in [0.4, 0.5) is 0 Å². The van der Waals surface area contributed by atoms with Crippen LogP contribution >= 0.6 is 22.9 Å². The molecule has 1 aliphatic rings. The van der Waals surface area contributed by atoms with E-state index in [0.717, 1.165) is 30.6 Å². The van der Waals surface area contributed by atoms with Gasteiger partial charge in [-0.3, -0.25) is 0 Å². The first-order valence-electron chi connectivity index (χ1n) is 11.3. The molecular formula is C23H37ClO4S. The van der Waals surface area contributed by atoms with E-state index >= 15 is 0 Å². The second-order valence-electron chi connectivity index (χ2n) is 8.22. The maximum atomic E-state index is 11.8. The molecule has 0 spiro atoms. The predicted octanol–water partition coefficient (Wildman–Crippen LogP) is 5.57. The summed E-state index contributed by atoms with van der Waals surface area (Å²) >= 11 is 8.05. The molecular weight excluding hydrogens is 408 g/mol. The molecule has 0 radical (unpaired) electrons. The van der Waals surface area contributed by atoms with E-state index in [1.165, 1.54) is 49.9 Å². The highest BCUT2D eigenvalue weighted by Crippen LogP contribution is 2.42. The van der Waals surface area contributed by atoms with Crippen LogP contribution < -0.4 is 0 Å². The number of alkyl halides is 1. The third-order valence-electron chi connectivity index (χ3n) is 6.01. The lowest BCUT2D eigenvalue weighted by Crippen LogP contribution is -2.21. The van der Waals surface area contributed by atoms with Crippen molar-refractivity contribution in [1.82, 2.24) is 0 Å². The summed E-state index contributed by atoms with van der Waals surface area (Å²) in [7, 11) is 0. The number of aliphatic hydroxyl groups excluding tert-OH is 2. The molecule has 0 bridgehead atoms. The average Bonchev–Trinajstić information content (AvgIpc) is 3.28. The third-order valence-corrected chi connectivity index (χ3v) is 7.64. The van der Waals surface area contributed by atoms with E-state index in [-0.39, 0.29) is 30.7 Å². The summed E-state index contributed by atoms with van der Waals surface area (Å²) in [5.41, 5.74) is 0. The number of aryl methyl sites for hydroxylation is 1. The van der Waals surface area contributed by atoms with Crippen molar-refractivity contribution in [2.75, 3.05) is 13.2 Å². The van der Waals surface area contributed by atoms with Crippen molar-refractivity contribution >= 4 is 28.9 Å². The second-order valence-corrected chi connectivity index (χ2v) is 9.95. The Morgan fingerprint density at radius 2 is 1.86 bits per heavy atom. The van der Waals surface area contributed by atoms with Crippen LogP contribution in [0.3, 0.4) is 0 Å². The lowest BCUT2D eigenvalue weighted by atomic mass is 9.85. The van der Waals surface area contributed by atoms with Crippen LogP contribution in [0.5, 0.6) is 0 Å². The molecule has 6 heteroatoms. The van der Waals surface area contributed by atoms with Gasteiger partial charge in [-0.15, -0.1) is 22.9 Å². The molecule has 1 aromatic rings. The van der Waals surface area contributed by atoms with E-state index < -0.39 is 0 Å². The summed E-state index contributed by atoms with van der Waals surface area (Å²) < 4.78 is 4.96. The molecule has 1 aromatic heterocycles. The summed E-state index contributed by atoms with van der Waals surface area (Å²) in [6.07, 6.45) is 12.2. The molecule has 1 aliphatic carbocycles. The topological polar surface area (TPSA) is 66.8 Å². The van der Waals surface area contributed by atoms with Crippen LogP contribution in [0.15, 0.2) is 12.1 Å². The number of esters is 1. The molecule has 166 valence electrons. The third kappa shape index (κ3) is 8.20. The summed E-state index contributed by atoms with van der Waals surface area (Å²) in [5, 5.41) is 19.3. The minimum atomic E-state index is -0.367. The van der Waals surface area contributed by atoms with Crippen LogP contribution in [0, 0.1) is 11.8 Å². The van der Waals surface area contributed by atoms with E-state index in [1.54, 1.807) is 6.07 Å². The van der Waals surface area contributed by atoms with Crippen LogP contribution in [-0.2, 0) is 11.2 Å². The fourth-order valence-corrected chi connectivity index (χ4v) is 5.88. The van der Waals surface area contributed by atoms with Gasteiger partial charge in [0.1, 0.15) is 11.5 Å². The number of ether oxygens (including phenoxy) is 1. The highest BCUT2D eigenvalue weighted by Gasteiger charge is 2.40. The molecule has 1 heterocycles. The molecule has 0 amide bonds. The van der Waals surface area contributed by atoms with E-state index in [9.17, 15) is 9.90 Å². The van der Waals surface area contributed by atoms with E-state index in [1.807, 2.05) is 6.07 Å². The zero-order valence-electron chi connectivity index (χ0n) is 17.7. The van der Waals surface area contributed by atoms with Gasteiger partial charge in [-0.2, -0.15) is 0 Å². The first-order valence-corrected chi connectivity index (χ1v) is 12.5. The summed E-state index contributed by atoms with van der Waals surface area (Å²) in [5.74, 6) is 0.348. The van der Waals surface area contributed by atoms with Gasteiger partial charge in [0, 0.05) is 10.3 Å². The Labute approximate surface area is 184 Å². The zero-order valence-corrected chi connectivity index (χ0v) is 19.2. The number of halogens is 1. The van der Waals surface area contributed by atoms with Gasteiger partial charge < -0.3 is 14.9 Å². The lowest BCUT2D eigenvalue weighted by molar-refractivity contribution is 0.0439. The highest BCUT2D eigenvalue weighted by atomic mass is 35.5. The molecule has 2 rings (SSSR count). The van der Waals surface area contributed by atoms with E-state index in [2.05, 4.69) is 6.92 Å². The first kappa shape index (κ1) is 24.6. The minimum absolute atomic E-state index is 0.0349. The van der Waals surface area contributed by atoms with Crippen LogP contribution in [-0.4, -0.2) is 40.9 Å². The highest BCUT2D eigenvalue weighted by molar-refractivity contribution is 7.13. The van der Waals surface area contributed by atoms with Crippen molar-refractivity contribution in [2.24, 2.45) is 11.8 Å². The number of aliphatic hydroxyl groups is 2. The number of thiophene rings is 1. The Bertz CT molecular complexity index is 591. The largest absolute Gasteiger partial charge is 0.459 e. The van der Waals surface area contributed by atoms with Crippen LogP contribution in [0.1, 0.15) is 85.7 Å². The molecule has 4 atom stereocenters. The number of rotatable bonds is 14. The minimum Gasteiger partial charge on any atom is -0.459 e. The fourth-order valence-electron chi connectivity index (χ4n) is 4.44. The summed E-state index contributed by atoms with van der Waals surface area (Å²) in [6.45, 7) is 2.12. The Kier molecular flexibility index (Phi) is 11.6. The molecule has 29 heavy (non-hydrogen) atoms. The molecule has 0 unspecified atom stereocenters. The first-order chi connectivity index (χ1) is 14.1. The van der Waals surface area contributed by atoms with Crippen molar-refractivity contribution in [2.45, 2.75) is 89.0 Å². The molecule has 1 fully saturated rings. The van der Waals surface area contributed by atoms with Crippen LogP contribution in [0.2, 0.25) is 0 Å². The van der Waals surface area contributed by atoms with E-state index in [4.69, 9.17) is 21.4 Å². The molecule has 4 nitrogen and oxygen atoms in total. The van der Waals surface area contributed by atoms with Crippen LogP contribution in [0.25, 0.3) is 0 Å². The summed E-state index contributed by atoms with van der Waals surface area (Å²) in [4.78, 5) is 13.6. The van der Waals surface area contributed by atoms with Crippen molar-refractivity contribution in [3.63, 3.8) is 0 Å². The normalized spacial score (nSPS) is 24.1. The molecule has 2 N–H and O–H groups in total. The number of hydrogen-bond acceptors (Lipinski definition) is 5. The van der Waals surface area contributed by atoms with Crippen molar-refractivity contribution in [3.05, 3.63) is 21.9 Å². The van der Waals surface area contributed by atoms with Gasteiger partial charge in [0.15, 0.2) is 0 Å². The number of hydrogen-bond donors (Lipinski definition) is 2. The standard InChI is InChI=1S/C23H37ClO4S/c1-2-3-4-5-6-7-10-19-18(20(24)16-21(19)26)11-8-9-17-12-13-22(29-17)23(27)28-15-14-25/h12-13,18-21,25-26H,2-11,14-16H2,1H3/t18-,19-,20+,21-/m1/s1. The van der Waals surface area contributed by atoms with Gasteiger partial charge in [-0.25, -0.2) is 4.79 Å². The van der Waals surface area contributed by atoms with Gasteiger partial charge >= 0.3 is 5.97 Å². The monoisotopic (exact) mass is 444 g/mol. The number of carbonyl (C=O) groups excluding carboxylic acids is 1. The van der Waals surface area contributed by atoms with Crippen molar-refractivity contribution in [3.8, 4) is 0 Å². The van der Waals surface area contributed by atoms with E-state index in [0.29, 0.717) is 23.1 Å². The molecule has 0 aromatic carbocycles. The Morgan fingerprint density at radius 3 is 2.62 bits per heavy atom. The number of unbranched alkanes of at least 4 members (excludes halogenated alkanes) is 5. The Balaban J connectivity index is 1.74. The van der Waals surface area contributed by atoms with Crippen molar-refractivity contribution in [1.29, 1.82) is 0 Å². The second kappa shape index (κ2) is 13.6. The Morgan fingerprint density at radius 1 is 1.14 bits per heavy atom. The van der Waals surface area contributed by atoms with Gasteiger partial charge in [0.05, 0.1) is 12.7 Å². The quantitative estimate of drug-likeness (QED) is 0.223. The Hall–Kier alpha value is -0.620. The van der Waals surface area contributed by atoms with Crippen molar-refractivity contribution < 1.29 is 19.7 Å². The van der Waals surface area contributed by atoms with Gasteiger partial charge in [0.25, 0.3) is 0 Å². The van der Waals surface area contributed by atoms with Gasteiger partial charge in [0.2, 0.25) is 0 Å². The smallest absolute Gasteiger partial charge is 0.348 e. The number of carbonyl (C=O) groups is 1. The maximum absolute atomic E-state index is 11.8. The van der Waals surface area contributed by atoms with Gasteiger partial charge in [-0.1, -0.05) is 45.4 Å². The lowest BCUT2D eigenvalue weighted by Gasteiger charge is -2.23. The SMILES string of the molecule is CCCCCCCC[C@@H]1[C@@H](CCCc2ccc(C(=O)OCCO)s2)[C@@H](Cl)C[C@H]1O. The molecule has 0 saturated heterocycles.